The van der Waals surface area contributed by atoms with Crippen LogP contribution in [0.15, 0.2) is 61.1 Å². The van der Waals surface area contributed by atoms with Crippen molar-refractivity contribution in [1.29, 1.82) is 0 Å². The third-order valence-electron chi connectivity index (χ3n) is 7.26. The number of likely N-dealkylation sites (tertiary alicyclic amines) is 1. The summed E-state index contributed by atoms with van der Waals surface area (Å²) < 4.78 is 61.4. The van der Waals surface area contributed by atoms with Crippen LogP contribution in [0.3, 0.4) is 0 Å². The van der Waals surface area contributed by atoms with E-state index in [2.05, 4.69) is 25.2 Å². The van der Waals surface area contributed by atoms with Crippen LogP contribution in [0.2, 0.25) is 0 Å². The molecule has 11 nitrogen and oxygen atoms in total. The number of ether oxygens (including phenoxy) is 1. The molecule has 2 amide bonds. The Bertz CT molecular complexity index is 1920. The number of fused-ring (bicyclic) bond motifs is 2. The molecule has 0 spiro atoms. The highest BCUT2D eigenvalue weighted by Crippen LogP contribution is 2.30. The molecule has 1 N–H and O–H groups in total. The van der Waals surface area contributed by atoms with Crippen LogP contribution in [0, 0.1) is 5.82 Å². The minimum absolute atomic E-state index is 0.114. The second kappa shape index (κ2) is 11.4. The number of alkyl halides is 3. The number of benzene rings is 2. The van der Waals surface area contributed by atoms with Crippen LogP contribution < -0.4 is 10.1 Å². The van der Waals surface area contributed by atoms with Crippen LogP contribution in [0.25, 0.3) is 27.7 Å². The van der Waals surface area contributed by atoms with Crippen molar-refractivity contribution < 1.29 is 36.7 Å². The highest BCUT2D eigenvalue weighted by Gasteiger charge is 2.40. The van der Waals surface area contributed by atoms with Crippen LogP contribution in [0.4, 0.5) is 23.2 Å². The predicted octanol–water partition coefficient (Wildman–Crippen LogP) is 4.27. The molecule has 0 radical (unpaired) electrons. The normalized spacial score (nSPS) is 16.6. The lowest BCUT2D eigenvalue weighted by Gasteiger charge is -2.24. The summed E-state index contributed by atoms with van der Waals surface area (Å²) in [4.78, 5) is 44.3. The van der Waals surface area contributed by atoms with E-state index >= 15 is 0 Å². The Hall–Kier alpha value is -5.34. The Kier molecular flexibility index (Phi) is 7.45. The van der Waals surface area contributed by atoms with E-state index in [1.807, 2.05) is 0 Å². The Morgan fingerprint density at radius 2 is 1.95 bits per heavy atom. The fourth-order valence-electron chi connectivity index (χ4n) is 5.24. The summed E-state index contributed by atoms with van der Waals surface area (Å²) in [7, 11) is 0. The van der Waals surface area contributed by atoms with Crippen LogP contribution in [-0.2, 0) is 16.1 Å². The van der Waals surface area contributed by atoms with Crippen LogP contribution >= 0.6 is 0 Å². The minimum atomic E-state index is -3.29. The number of nitrogens with zero attached hydrogens (tertiary/aromatic N) is 6. The number of Topliss-reactive ketones (excluding diaryl/α,β-unsaturated/α-hetero) is 1. The van der Waals surface area contributed by atoms with E-state index in [0.717, 1.165) is 28.2 Å². The number of hydrogen-bond donors (Lipinski definition) is 1. The molecule has 1 aliphatic rings. The highest BCUT2D eigenvalue weighted by molar-refractivity contribution is 6.06. The number of hydrogen-bond acceptors (Lipinski definition) is 7. The molecule has 3 aromatic heterocycles. The van der Waals surface area contributed by atoms with Gasteiger partial charge in [0, 0.05) is 42.8 Å². The van der Waals surface area contributed by atoms with Crippen molar-refractivity contribution in [2.45, 2.75) is 38.7 Å². The average Bonchev–Trinajstić information content (AvgIpc) is 3.71. The highest BCUT2D eigenvalue weighted by atomic mass is 19.3. The second-order valence-electron chi connectivity index (χ2n) is 10.2. The van der Waals surface area contributed by atoms with Crippen molar-refractivity contribution in [3.63, 3.8) is 0 Å². The van der Waals surface area contributed by atoms with E-state index in [1.165, 1.54) is 17.7 Å². The molecule has 226 valence electrons. The lowest BCUT2D eigenvalue weighted by molar-refractivity contribution is -0.137. The topological polar surface area (TPSA) is 124 Å². The van der Waals surface area contributed by atoms with Gasteiger partial charge in [0.05, 0.1) is 23.9 Å². The van der Waals surface area contributed by atoms with E-state index in [9.17, 15) is 31.9 Å². The first-order chi connectivity index (χ1) is 21.1. The molecule has 0 saturated carbocycles. The van der Waals surface area contributed by atoms with Gasteiger partial charge in [0.15, 0.2) is 23.0 Å². The third-order valence-corrected chi connectivity index (χ3v) is 7.26. The zero-order valence-electron chi connectivity index (χ0n) is 23.0. The molecule has 1 saturated heterocycles. The van der Waals surface area contributed by atoms with E-state index in [1.54, 1.807) is 47.4 Å². The first kappa shape index (κ1) is 28.8. The number of carbonyl (C=O) groups is 3. The fourth-order valence-corrected chi connectivity index (χ4v) is 5.24. The summed E-state index contributed by atoms with van der Waals surface area (Å²) in [6.07, 6.45) is 3.16. The number of rotatable bonds is 8. The lowest BCUT2D eigenvalue weighted by atomic mass is 10.0. The van der Waals surface area contributed by atoms with Gasteiger partial charge in [-0.1, -0.05) is 12.1 Å². The number of halogens is 4. The van der Waals surface area contributed by atoms with Gasteiger partial charge in [-0.15, -0.1) is 0 Å². The second-order valence-corrected chi connectivity index (χ2v) is 10.2. The number of aromatic nitrogens is 5. The van der Waals surface area contributed by atoms with E-state index in [4.69, 9.17) is 0 Å². The summed E-state index contributed by atoms with van der Waals surface area (Å²) in [6.45, 7) is -2.78. The van der Waals surface area contributed by atoms with Crippen molar-refractivity contribution >= 4 is 39.8 Å². The zero-order chi connectivity index (χ0) is 31.1. The van der Waals surface area contributed by atoms with Gasteiger partial charge in [0.25, 0.3) is 0 Å². The van der Waals surface area contributed by atoms with Crippen molar-refractivity contribution in [2.24, 2.45) is 0 Å². The van der Waals surface area contributed by atoms with Crippen LogP contribution in [-0.4, -0.2) is 72.2 Å². The maximum Gasteiger partial charge on any atom is 0.387 e. The fraction of sp³-hybridized carbons (Fsp3) is 0.241. The number of nitrogens with one attached hydrogen (secondary N) is 1. The maximum atomic E-state index is 14.6. The molecule has 1 fully saturated rings. The van der Waals surface area contributed by atoms with Crippen molar-refractivity contribution in [1.82, 2.24) is 29.3 Å². The van der Waals surface area contributed by atoms with Crippen molar-refractivity contribution in [2.75, 3.05) is 11.9 Å². The van der Waals surface area contributed by atoms with E-state index in [-0.39, 0.29) is 17.9 Å². The molecular weight excluding hydrogens is 586 g/mol. The van der Waals surface area contributed by atoms with Crippen LogP contribution in [0.1, 0.15) is 23.8 Å². The molecule has 15 heteroatoms. The first-order valence-electron chi connectivity index (χ1n) is 13.4. The van der Waals surface area contributed by atoms with Crippen molar-refractivity contribution in [3.8, 4) is 16.9 Å². The molecule has 0 unspecified atom stereocenters. The standard InChI is InChI=1S/C29H23F4N7O4/c1-15(41)27-19-9-16(17-11-34-24-7-8-35-40(24)12-17)5-6-21(19)39(37-27)14-25(42)38-13-18(30)10-22(38)28(43)36-20-3-2-4-23(26(20)31)44-29(32)33/h2-9,11-12,18,22,29H,10,13-14H2,1H3,(H,36,43)/t18-,22+/m1/s1. The molecule has 0 aliphatic carbocycles. The molecule has 2 atom stereocenters. The summed E-state index contributed by atoms with van der Waals surface area (Å²) >= 11 is 0. The number of carbonyl (C=O) groups excluding carboxylic acids is 3. The van der Waals surface area contributed by atoms with Gasteiger partial charge in [-0.2, -0.15) is 19.0 Å². The minimum Gasteiger partial charge on any atom is -0.432 e. The van der Waals surface area contributed by atoms with Gasteiger partial charge < -0.3 is 15.0 Å². The Morgan fingerprint density at radius 1 is 1.14 bits per heavy atom. The van der Waals surface area contributed by atoms with Gasteiger partial charge in [-0.25, -0.2) is 18.3 Å². The Labute approximate surface area is 246 Å². The molecule has 1 aliphatic heterocycles. The van der Waals surface area contributed by atoms with Gasteiger partial charge in [0.2, 0.25) is 11.8 Å². The summed E-state index contributed by atoms with van der Waals surface area (Å²) in [5.41, 5.74) is 2.21. The molecular formula is C29H23F4N7O4. The molecule has 2 aromatic carbocycles. The van der Waals surface area contributed by atoms with Crippen LogP contribution in [0.5, 0.6) is 5.75 Å². The molecule has 0 bridgehead atoms. The number of ketones is 1. The third kappa shape index (κ3) is 5.43. The quantitative estimate of drug-likeness (QED) is 0.206. The lowest BCUT2D eigenvalue weighted by Crippen LogP contribution is -2.44. The summed E-state index contributed by atoms with van der Waals surface area (Å²) in [5.74, 6) is -3.95. The Balaban J connectivity index is 1.25. The summed E-state index contributed by atoms with van der Waals surface area (Å²) in [5, 5.41) is 11.2. The van der Waals surface area contributed by atoms with E-state index in [0.29, 0.717) is 16.6 Å². The Morgan fingerprint density at radius 3 is 2.73 bits per heavy atom. The number of anilines is 1. The first-order valence-corrected chi connectivity index (χ1v) is 13.4. The zero-order valence-corrected chi connectivity index (χ0v) is 23.0. The SMILES string of the molecule is CC(=O)c1nn(CC(=O)N2C[C@H](F)C[C@H]2C(=O)Nc2cccc(OC(F)F)c2F)c2ccc(-c3cnc4ccnn4c3)cc12. The average molecular weight is 610 g/mol. The number of amides is 2. The van der Waals surface area contributed by atoms with Gasteiger partial charge >= 0.3 is 6.61 Å². The van der Waals surface area contributed by atoms with Gasteiger partial charge in [0.1, 0.15) is 24.5 Å². The maximum absolute atomic E-state index is 14.6. The monoisotopic (exact) mass is 609 g/mol. The van der Waals surface area contributed by atoms with E-state index < -0.39 is 61.0 Å². The van der Waals surface area contributed by atoms with Crippen molar-refractivity contribution in [3.05, 3.63) is 72.6 Å². The molecule has 4 heterocycles. The smallest absolute Gasteiger partial charge is 0.387 e. The molecule has 6 rings (SSSR count). The predicted molar refractivity (Wildman–Crippen MR) is 148 cm³/mol. The van der Waals surface area contributed by atoms with Gasteiger partial charge in [-0.3, -0.25) is 19.1 Å². The molecule has 44 heavy (non-hydrogen) atoms. The summed E-state index contributed by atoms with van der Waals surface area (Å²) in [6, 6.07) is 8.91. The van der Waals surface area contributed by atoms with Gasteiger partial charge in [-0.05, 0) is 29.8 Å². The molecule has 5 aromatic rings. The largest absolute Gasteiger partial charge is 0.432 e.